The van der Waals surface area contributed by atoms with Crippen molar-refractivity contribution < 1.29 is 33.4 Å². The van der Waals surface area contributed by atoms with Crippen LogP contribution in [0.2, 0.25) is 0 Å². The van der Waals surface area contributed by atoms with Crippen LogP contribution < -0.4 is 14.8 Å². The standard InChI is InChI=1S/C24H31N3O7/c1-15-6-4-5-8-24(15)22(30)27(23(31)25-24)13-21(29)34-14-20(28)26-9-7-16-10-18(32-2)19(33-3)11-17(16)12-26/h10-11,15H,4-9,12-14H2,1-3H3,(H,25,31)/t15-,24+/m0/s1. The number of hydrogen-bond acceptors (Lipinski definition) is 7. The number of methoxy groups -OCH3 is 2. The molecule has 0 aromatic heterocycles. The van der Waals surface area contributed by atoms with E-state index in [2.05, 4.69) is 5.32 Å². The first kappa shape index (κ1) is 23.8. The summed E-state index contributed by atoms with van der Waals surface area (Å²) in [4.78, 5) is 53.0. The molecule has 1 spiro atoms. The van der Waals surface area contributed by atoms with Crippen LogP contribution >= 0.6 is 0 Å². The van der Waals surface area contributed by atoms with Crippen LogP contribution in [0.3, 0.4) is 0 Å². The fraction of sp³-hybridized carbons (Fsp3) is 0.583. The van der Waals surface area contributed by atoms with Crippen molar-refractivity contribution in [1.29, 1.82) is 0 Å². The predicted octanol–water partition coefficient (Wildman–Crippen LogP) is 1.63. The Kier molecular flexibility index (Phi) is 6.67. The van der Waals surface area contributed by atoms with Crippen LogP contribution in [-0.2, 0) is 32.1 Å². The Bertz CT molecular complexity index is 1010. The number of rotatable bonds is 6. The second kappa shape index (κ2) is 9.52. The number of nitrogens with zero attached hydrogens (tertiary/aromatic N) is 2. The van der Waals surface area contributed by atoms with Crippen LogP contribution in [0.5, 0.6) is 11.5 Å². The van der Waals surface area contributed by atoms with Crippen LogP contribution in [0.1, 0.15) is 43.7 Å². The Morgan fingerprint density at radius 2 is 1.82 bits per heavy atom. The number of hydrogen-bond donors (Lipinski definition) is 1. The van der Waals surface area contributed by atoms with E-state index in [0.717, 1.165) is 35.3 Å². The molecule has 1 N–H and O–H groups in total. The minimum Gasteiger partial charge on any atom is -0.493 e. The molecule has 2 aliphatic heterocycles. The summed E-state index contributed by atoms with van der Waals surface area (Å²) in [5.41, 5.74) is 1.08. The lowest BCUT2D eigenvalue weighted by molar-refractivity contribution is -0.154. The summed E-state index contributed by atoms with van der Waals surface area (Å²) < 4.78 is 15.8. The average molecular weight is 474 g/mol. The Labute approximate surface area is 198 Å². The molecule has 0 radical (unpaired) electrons. The lowest BCUT2D eigenvalue weighted by Gasteiger charge is -2.36. The summed E-state index contributed by atoms with van der Waals surface area (Å²) in [7, 11) is 3.13. The van der Waals surface area contributed by atoms with Crippen LogP contribution in [0.25, 0.3) is 0 Å². The van der Waals surface area contributed by atoms with Gasteiger partial charge in [-0.2, -0.15) is 0 Å². The minimum absolute atomic E-state index is 0.000805. The monoisotopic (exact) mass is 473 g/mol. The molecule has 1 aromatic carbocycles. The molecule has 2 fully saturated rings. The maximum absolute atomic E-state index is 13.0. The third-order valence-corrected chi connectivity index (χ3v) is 7.22. The molecule has 10 heteroatoms. The largest absolute Gasteiger partial charge is 0.493 e. The number of carbonyl (C=O) groups is 4. The van der Waals surface area contributed by atoms with Crippen LogP contribution in [-0.4, -0.2) is 73.1 Å². The van der Waals surface area contributed by atoms with Gasteiger partial charge in [0, 0.05) is 13.1 Å². The molecule has 34 heavy (non-hydrogen) atoms. The molecule has 2 heterocycles. The molecule has 2 atom stereocenters. The summed E-state index contributed by atoms with van der Waals surface area (Å²) in [5.74, 6) is -0.296. The fourth-order valence-corrected chi connectivity index (χ4v) is 5.14. The molecule has 1 saturated heterocycles. The van der Waals surface area contributed by atoms with Gasteiger partial charge >= 0.3 is 12.0 Å². The van der Waals surface area contributed by atoms with E-state index in [1.165, 1.54) is 0 Å². The Hall–Kier alpha value is -3.30. The third-order valence-electron chi connectivity index (χ3n) is 7.22. The average Bonchev–Trinajstić information content (AvgIpc) is 3.07. The van der Waals surface area contributed by atoms with E-state index in [1.807, 2.05) is 19.1 Å². The Morgan fingerprint density at radius 1 is 1.12 bits per heavy atom. The summed E-state index contributed by atoms with van der Waals surface area (Å²) in [6.45, 7) is 1.82. The zero-order valence-electron chi connectivity index (χ0n) is 19.8. The van der Waals surface area contributed by atoms with Crippen LogP contribution in [0, 0.1) is 5.92 Å². The third kappa shape index (κ3) is 4.28. The van der Waals surface area contributed by atoms with Gasteiger partial charge in [0.05, 0.1) is 14.2 Å². The van der Waals surface area contributed by atoms with Gasteiger partial charge in [0.2, 0.25) is 0 Å². The second-order valence-corrected chi connectivity index (χ2v) is 9.14. The van der Waals surface area contributed by atoms with Crippen molar-refractivity contribution in [3.8, 4) is 11.5 Å². The maximum Gasteiger partial charge on any atom is 0.326 e. The molecule has 0 bridgehead atoms. The van der Waals surface area contributed by atoms with Gasteiger partial charge in [0.15, 0.2) is 18.1 Å². The van der Waals surface area contributed by atoms with Gasteiger partial charge in [-0.25, -0.2) is 4.79 Å². The first-order chi connectivity index (χ1) is 16.3. The number of imide groups is 1. The molecular formula is C24H31N3O7. The van der Waals surface area contributed by atoms with Gasteiger partial charge < -0.3 is 24.4 Å². The molecule has 1 aliphatic carbocycles. The zero-order chi connectivity index (χ0) is 24.5. The number of carbonyl (C=O) groups excluding carboxylic acids is 4. The summed E-state index contributed by atoms with van der Waals surface area (Å²) in [5, 5.41) is 2.80. The summed E-state index contributed by atoms with van der Waals surface area (Å²) >= 11 is 0. The zero-order valence-corrected chi connectivity index (χ0v) is 19.8. The number of amides is 4. The van der Waals surface area contributed by atoms with Crippen molar-refractivity contribution >= 4 is 23.8 Å². The van der Waals surface area contributed by atoms with Crippen LogP contribution in [0.4, 0.5) is 4.79 Å². The van der Waals surface area contributed by atoms with Gasteiger partial charge in [-0.15, -0.1) is 0 Å². The highest BCUT2D eigenvalue weighted by Gasteiger charge is 2.55. The van der Waals surface area contributed by atoms with Crippen molar-refractivity contribution in [3.05, 3.63) is 23.3 Å². The molecule has 1 aromatic rings. The molecule has 10 nitrogen and oxygen atoms in total. The molecule has 184 valence electrons. The van der Waals surface area contributed by atoms with E-state index in [-0.39, 0.29) is 17.7 Å². The van der Waals surface area contributed by atoms with E-state index in [1.54, 1.807) is 19.1 Å². The van der Waals surface area contributed by atoms with Gasteiger partial charge in [-0.3, -0.25) is 19.3 Å². The highest BCUT2D eigenvalue weighted by molar-refractivity contribution is 6.09. The number of benzene rings is 1. The summed E-state index contributed by atoms with van der Waals surface area (Å²) in [6, 6.07) is 3.17. The molecular weight excluding hydrogens is 442 g/mol. The molecule has 3 aliphatic rings. The number of esters is 1. The minimum atomic E-state index is -0.934. The number of ether oxygens (including phenoxy) is 3. The summed E-state index contributed by atoms with van der Waals surface area (Å²) in [6.07, 6.45) is 3.91. The molecule has 4 amide bonds. The predicted molar refractivity (Wildman–Crippen MR) is 120 cm³/mol. The van der Waals surface area contributed by atoms with E-state index in [0.29, 0.717) is 37.4 Å². The lowest BCUT2D eigenvalue weighted by atomic mass is 9.73. The van der Waals surface area contributed by atoms with Crippen molar-refractivity contribution in [2.75, 3.05) is 33.9 Å². The van der Waals surface area contributed by atoms with E-state index in [9.17, 15) is 19.2 Å². The van der Waals surface area contributed by atoms with Gasteiger partial charge in [0.1, 0.15) is 12.1 Å². The number of fused-ring (bicyclic) bond motifs is 1. The molecule has 0 unspecified atom stereocenters. The smallest absolute Gasteiger partial charge is 0.326 e. The Morgan fingerprint density at radius 3 is 2.50 bits per heavy atom. The highest BCUT2D eigenvalue weighted by atomic mass is 16.5. The molecule has 4 rings (SSSR count). The normalized spacial score (nSPS) is 24.0. The topological polar surface area (TPSA) is 114 Å². The van der Waals surface area contributed by atoms with Crippen molar-refractivity contribution in [3.63, 3.8) is 0 Å². The first-order valence-corrected chi connectivity index (χ1v) is 11.6. The van der Waals surface area contributed by atoms with E-state index in [4.69, 9.17) is 14.2 Å². The lowest BCUT2D eigenvalue weighted by Crippen LogP contribution is -2.54. The van der Waals surface area contributed by atoms with Gasteiger partial charge in [-0.1, -0.05) is 19.8 Å². The second-order valence-electron chi connectivity index (χ2n) is 9.14. The Balaban J connectivity index is 1.32. The number of urea groups is 1. The van der Waals surface area contributed by atoms with Crippen LogP contribution in [0.15, 0.2) is 12.1 Å². The van der Waals surface area contributed by atoms with E-state index >= 15 is 0 Å². The number of nitrogens with one attached hydrogen (secondary N) is 1. The van der Waals surface area contributed by atoms with Crippen molar-refractivity contribution in [1.82, 2.24) is 15.1 Å². The SMILES string of the molecule is COc1cc2c(cc1OC)CN(C(=O)COC(=O)CN1C(=O)N[C@@]3(CCCC[C@@H]3C)C1=O)CC2. The van der Waals surface area contributed by atoms with Gasteiger partial charge in [-0.05, 0) is 48.4 Å². The quantitative estimate of drug-likeness (QED) is 0.493. The maximum atomic E-state index is 13.0. The molecule has 1 saturated carbocycles. The van der Waals surface area contributed by atoms with Crippen molar-refractivity contribution in [2.45, 2.75) is 51.1 Å². The highest BCUT2D eigenvalue weighted by Crippen LogP contribution is 2.38. The van der Waals surface area contributed by atoms with Crippen molar-refractivity contribution in [2.24, 2.45) is 5.92 Å². The van der Waals surface area contributed by atoms with E-state index < -0.39 is 30.7 Å². The van der Waals surface area contributed by atoms with Gasteiger partial charge in [0.25, 0.3) is 11.8 Å². The first-order valence-electron chi connectivity index (χ1n) is 11.6. The fourth-order valence-electron chi connectivity index (χ4n) is 5.14.